The summed E-state index contributed by atoms with van der Waals surface area (Å²) >= 11 is 1.73. The van der Waals surface area contributed by atoms with Crippen molar-refractivity contribution in [2.45, 2.75) is 13.5 Å². The first-order chi connectivity index (χ1) is 15.6. The van der Waals surface area contributed by atoms with E-state index in [9.17, 15) is 9.59 Å². The molecule has 0 unspecified atom stereocenters. The van der Waals surface area contributed by atoms with Gasteiger partial charge in [0.25, 0.3) is 5.91 Å². The van der Waals surface area contributed by atoms with E-state index in [0.717, 1.165) is 35.7 Å². The van der Waals surface area contributed by atoms with E-state index in [1.54, 1.807) is 35.6 Å². The Morgan fingerprint density at radius 3 is 2.44 bits per heavy atom. The molecule has 7 heteroatoms. The molecule has 0 saturated carbocycles. The van der Waals surface area contributed by atoms with E-state index < -0.39 is 0 Å². The molecule has 1 amide bonds. The molecule has 5 rings (SSSR count). The van der Waals surface area contributed by atoms with E-state index in [1.165, 1.54) is 11.6 Å². The Balaban J connectivity index is 1.19. The number of para-hydroxylation sites is 1. The normalized spacial score (nSPS) is 14.7. The standard InChI is InChI=1S/C25H23N3O3S/c1-17(29)18-6-8-19(9-7-18)21-10-11-22(31-21)25(30)28-14-12-27(13-15-28)16-24-26-20-4-2-3-5-23(20)32-24/h2-11H,12-16H2,1H3. The second-order valence-corrected chi connectivity index (χ2v) is 9.06. The molecule has 6 nitrogen and oxygen atoms in total. The van der Waals surface area contributed by atoms with Crippen LogP contribution in [0.15, 0.2) is 65.1 Å². The van der Waals surface area contributed by atoms with Gasteiger partial charge >= 0.3 is 0 Å². The summed E-state index contributed by atoms with van der Waals surface area (Å²) in [6.07, 6.45) is 0. The fraction of sp³-hybridized carbons (Fsp3) is 0.240. The number of piperazine rings is 1. The number of amides is 1. The number of hydrogen-bond donors (Lipinski definition) is 0. The SMILES string of the molecule is CC(=O)c1ccc(-c2ccc(C(=O)N3CCN(Cc4nc5ccccc5s4)CC3)o2)cc1. The van der Waals surface area contributed by atoms with Crippen molar-refractivity contribution in [1.82, 2.24) is 14.8 Å². The Morgan fingerprint density at radius 1 is 0.969 bits per heavy atom. The van der Waals surface area contributed by atoms with Gasteiger partial charge in [-0.15, -0.1) is 11.3 Å². The molecule has 0 spiro atoms. The highest BCUT2D eigenvalue weighted by molar-refractivity contribution is 7.18. The van der Waals surface area contributed by atoms with E-state index in [2.05, 4.69) is 11.0 Å². The average molecular weight is 446 g/mol. The molecule has 3 heterocycles. The minimum absolute atomic E-state index is 0.0224. The van der Waals surface area contributed by atoms with Crippen molar-refractivity contribution < 1.29 is 14.0 Å². The molecule has 2 aromatic heterocycles. The fourth-order valence-electron chi connectivity index (χ4n) is 3.92. The molecule has 0 bridgehead atoms. The van der Waals surface area contributed by atoms with Crippen molar-refractivity contribution in [2.24, 2.45) is 0 Å². The highest BCUT2D eigenvalue weighted by Crippen LogP contribution is 2.25. The Morgan fingerprint density at radius 2 is 1.72 bits per heavy atom. The molecule has 2 aromatic carbocycles. The van der Waals surface area contributed by atoms with Crippen LogP contribution in [0, 0.1) is 0 Å². The van der Waals surface area contributed by atoms with Gasteiger partial charge in [0.05, 0.1) is 16.8 Å². The lowest BCUT2D eigenvalue weighted by Gasteiger charge is -2.33. The van der Waals surface area contributed by atoms with Crippen LogP contribution in [0.2, 0.25) is 0 Å². The first-order valence-electron chi connectivity index (χ1n) is 10.6. The van der Waals surface area contributed by atoms with Crippen molar-refractivity contribution in [2.75, 3.05) is 26.2 Å². The lowest BCUT2D eigenvalue weighted by atomic mass is 10.1. The third-order valence-corrected chi connectivity index (χ3v) is 6.77. The summed E-state index contributed by atoms with van der Waals surface area (Å²) in [5.41, 5.74) is 2.54. The zero-order valence-electron chi connectivity index (χ0n) is 17.8. The van der Waals surface area contributed by atoms with Crippen LogP contribution in [0.5, 0.6) is 0 Å². The summed E-state index contributed by atoms with van der Waals surface area (Å²) < 4.78 is 7.05. The Hall–Kier alpha value is -3.29. The first-order valence-corrected chi connectivity index (χ1v) is 11.5. The second kappa shape index (κ2) is 8.68. The highest BCUT2D eigenvalue weighted by Gasteiger charge is 2.25. The maximum Gasteiger partial charge on any atom is 0.289 e. The number of benzene rings is 2. The van der Waals surface area contributed by atoms with Crippen molar-refractivity contribution in [3.63, 3.8) is 0 Å². The number of aromatic nitrogens is 1. The number of Topliss-reactive ketones (excluding diaryl/α,β-unsaturated/α-hetero) is 1. The van der Waals surface area contributed by atoms with Crippen LogP contribution >= 0.6 is 11.3 Å². The van der Waals surface area contributed by atoms with Crippen LogP contribution in [-0.4, -0.2) is 52.7 Å². The lowest BCUT2D eigenvalue weighted by molar-refractivity contribution is 0.0598. The summed E-state index contributed by atoms with van der Waals surface area (Å²) in [6.45, 7) is 5.28. The van der Waals surface area contributed by atoms with Crippen molar-refractivity contribution in [1.29, 1.82) is 0 Å². The van der Waals surface area contributed by atoms with Gasteiger partial charge in [-0.25, -0.2) is 4.98 Å². The fourth-order valence-corrected chi connectivity index (χ4v) is 4.93. The van der Waals surface area contributed by atoms with Crippen LogP contribution in [0.1, 0.15) is 32.8 Å². The molecule has 4 aromatic rings. The quantitative estimate of drug-likeness (QED) is 0.416. The maximum atomic E-state index is 12.9. The van der Waals surface area contributed by atoms with Gasteiger partial charge in [0.15, 0.2) is 11.5 Å². The number of carbonyl (C=O) groups excluding carboxylic acids is 2. The summed E-state index contributed by atoms with van der Waals surface area (Å²) in [5, 5.41) is 1.11. The minimum atomic E-state index is -0.0868. The molecule has 0 N–H and O–H groups in total. The van der Waals surface area contributed by atoms with Gasteiger partial charge in [-0.05, 0) is 31.2 Å². The van der Waals surface area contributed by atoms with Crippen LogP contribution in [0.3, 0.4) is 0 Å². The van der Waals surface area contributed by atoms with Crippen LogP contribution in [0.25, 0.3) is 21.5 Å². The molecule has 1 saturated heterocycles. The van der Waals surface area contributed by atoms with Crippen molar-refractivity contribution in [3.8, 4) is 11.3 Å². The van der Waals surface area contributed by atoms with Crippen molar-refractivity contribution >= 4 is 33.2 Å². The Kier molecular flexibility index (Phi) is 5.59. The van der Waals surface area contributed by atoms with E-state index in [1.807, 2.05) is 35.2 Å². The van der Waals surface area contributed by atoms with Gasteiger partial charge in [0.1, 0.15) is 10.8 Å². The third kappa shape index (κ3) is 4.22. The first kappa shape index (κ1) is 20.6. The summed E-state index contributed by atoms with van der Waals surface area (Å²) in [5.74, 6) is 0.901. The van der Waals surface area contributed by atoms with Gasteiger partial charge in [-0.2, -0.15) is 0 Å². The van der Waals surface area contributed by atoms with Crippen LogP contribution < -0.4 is 0 Å². The predicted molar refractivity (Wildman–Crippen MR) is 125 cm³/mol. The summed E-state index contributed by atoms with van der Waals surface area (Å²) in [4.78, 5) is 33.3. The van der Waals surface area contributed by atoms with E-state index in [0.29, 0.717) is 30.2 Å². The summed E-state index contributed by atoms with van der Waals surface area (Å²) in [7, 11) is 0. The molecular weight excluding hydrogens is 422 g/mol. The number of furan rings is 1. The number of hydrogen-bond acceptors (Lipinski definition) is 6. The molecule has 162 valence electrons. The minimum Gasteiger partial charge on any atom is -0.451 e. The third-order valence-electron chi connectivity index (χ3n) is 5.75. The molecule has 1 aliphatic heterocycles. The van der Waals surface area contributed by atoms with Gasteiger partial charge in [-0.1, -0.05) is 36.4 Å². The molecule has 0 atom stereocenters. The van der Waals surface area contributed by atoms with Crippen LogP contribution in [-0.2, 0) is 6.54 Å². The topological polar surface area (TPSA) is 66.7 Å². The molecule has 1 fully saturated rings. The number of ketones is 1. The van der Waals surface area contributed by atoms with Crippen LogP contribution in [0.4, 0.5) is 0 Å². The van der Waals surface area contributed by atoms with Crippen molar-refractivity contribution in [3.05, 3.63) is 77.0 Å². The highest BCUT2D eigenvalue weighted by atomic mass is 32.1. The molecule has 0 aliphatic carbocycles. The number of carbonyl (C=O) groups is 2. The van der Waals surface area contributed by atoms with Gasteiger partial charge in [0.2, 0.25) is 0 Å². The number of thiazole rings is 1. The number of rotatable bonds is 5. The van der Waals surface area contributed by atoms with Gasteiger partial charge in [0, 0.05) is 37.3 Å². The second-order valence-electron chi connectivity index (χ2n) is 7.94. The van der Waals surface area contributed by atoms with E-state index in [4.69, 9.17) is 9.40 Å². The zero-order valence-corrected chi connectivity index (χ0v) is 18.6. The Labute approximate surface area is 190 Å². The lowest BCUT2D eigenvalue weighted by Crippen LogP contribution is -2.48. The number of nitrogens with zero attached hydrogens (tertiary/aromatic N) is 3. The molecule has 1 aliphatic rings. The van der Waals surface area contributed by atoms with Gasteiger partial charge in [-0.3, -0.25) is 14.5 Å². The monoisotopic (exact) mass is 445 g/mol. The molecule has 32 heavy (non-hydrogen) atoms. The largest absolute Gasteiger partial charge is 0.451 e. The summed E-state index contributed by atoms with van der Waals surface area (Å²) in [6, 6.07) is 18.9. The van der Waals surface area contributed by atoms with Gasteiger partial charge < -0.3 is 9.32 Å². The maximum absolute atomic E-state index is 12.9. The average Bonchev–Trinajstić information content (AvgIpc) is 3.46. The van der Waals surface area contributed by atoms with E-state index >= 15 is 0 Å². The number of fused-ring (bicyclic) bond motifs is 1. The van der Waals surface area contributed by atoms with E-state index in [-0.39, 0.29) is 11.7 Å². The predicted octanol–water partition coefficient (Wildman–Crippen LogP) is 4.72. The smallest absolute Gasteiger partial charge is 0.289 e. The molecular formula is C25H23N3O3S. The Bertz CT molecular complexity index is 1230. The molecule has 0 radical (unpaired) electrons. The zero-order chi connectivity index (χ0) is 22.1.